The molecule has 222 valence electrons. The van der Waals surface area contributed by atoms with Gasteiger partial charge in [-0.2, -0.15) is 0 Å². The molecule has 0 spiro atoms. The topological polar surface area (TPSA) is 102 Å². The summed E-state index contributed by atoms with van der Waals surface area (Å²) in [6.07, 6.45) is 1.85. The van der Waals surface area contributed by atoms with Crippen LogP contribution in [0.1, 0.15) is 49.4 Å². The first-order chi connectivity index (χ1) is 20.9. The summed E-state index contributed by atoms with van der Waals surface area (Å²) in [5.41, 5.74) is 1.79. The van der Waals surface area contributed by atoms with Gasteiger partial charge < -0.3 is 14.6 Å². The van der Waals surface area contributed by atoms with Crippen molar-refractivity contribution >= 4 is 45.7 Å². The number of hydrogen-bond donors (Lipinski definition) is 1. The molecular weight excluding hydrogens is 590 g/mol. The van der Waals surface area contributed by atoms with Gasteiger partial charge in [0.15, 0.2) is 4.34 Å². The van der Waals surface area contributed by atoms with Gasteiger partial charge in [-0.05, 0) is 73.0 Å². The number of amides is 1. The normalized spacial score (nSPS) is 16.1. The predicted molar refractivity (Wildman–Crippen MR) is 165 cm³/mol. The van der Waals surface area contributed by atoms with Gasteiger partial charge in [-0.25, -0.2) is 4.39 Å². The van der Waals surface area contributed by atoms with E-state index < -0.39 is 17.7 Å². The fourth-order valence-electron chi connectivity index (χ4n) is 4.57. The standard InChI is InChI=1S/C32H30FN3O5S2/c1-3-5-17-41-25-8-6-7-22(18-25)27-26(28(37)21-11-15-24(16-12-21)40-4-2)29(38)30(39)36(27)31-34-35-32(43-31)42-19-20-9-13-23(33)14-10-20/h6-16,18,27,37H,3-5,17,19H2,1-2H3/b28-26+. The first-order valence-electron chi connectivity index (χ1n) is 13.9. The maximum absolute atomic E-state index is 13.6. The summed E-state index contributed by atoms with van der Waals surface area (Å²) in [4.78, 5) is 28.4. The van der Waals surface area contributed by atoms with E-state index in [9.17, 15) is 19.1 Å². The average molecular weight is 620 g/mol. The number of aliphatic hydroxyl groups excluding tert-OH is 1. The Morgan fingerprint density at radius 2 is 1.77 bits per heavy atom. The van der Waals surface area contributed by atoms with Crippen LogP contribution in [0, 0.1) is 5.82 Å². The number of ketones is 1. The Kier molecular flexibility index (Phi) is 9.73. The molecule has 1 amide bonds. The van der Waals surface area contributed by atoms with Crippen molar-refractivity contribution in [2.45, 2.75) is 42.8 Å². The molecule has 0 saturated carbocycles. The highest BCUT2D eigenvalue weighted by atomic mass is 32.2. The van der Waals surface area contributed by atoms with E-state index in [2.05, 4.69) is 17.1 Å². The third-order valence-electron chi connectivity index (χ3n) is 6.70. The Labute approximate surface area is 257 Å². The molecule has 0 bridgehead atoms. The van der Waals surface area contributed by atoms with Crippen LogP contribution in [0.25, 0.3) is 5.76 Å². The molecule has 0 aliphatic carbocycles. The average Bonchev–Trinajstić information content (AvgIpc) is 3.59. The van der Waals surface area contributed by atoms with Crippen molar-refractivity contribution < 1.29 is 28.6 Å². The first kappa shape index (κ1) is 30.2. The molecule has 1 atom stereocenters. The molecule has 1 unspecified atom stereocenters. The molecule has 1 aliphatic rings. The smallest absolute Gasteiger partial charge is 0.301 e. The van der Waals surface area contributed by atoms with Crippen LogP contribution >= 0.6 is 23.1 Å². The summed E-state index contributed by atoms with van der Waals surface area (Å²) < 4.78 is 25.3. The van der Waals surface area contributed by atoms with E-state index in [4.69, 9.17) is 9.47 Å². The van der Waals surface area contributed by atoms with Crippen molar-refractivity contribution in [3.8, 4) is 11.5 Å². The largest absolute Gasteiger partial charge is 0.507 e. The predicted octanol–water partition coefficient (Wildman–Crippen LogP) is 7.17. The van der Waals surface area contributed by atoms with E-state index in [0.29, 0.717) is 45.9 Å². The maximum Gasteiger partial charge on any atom is 0.301 e. The number of Topliss-reactive ketones (excluding diaryl/α,β-unsaturated/α-hetero) is 1. The van der Waals surface area contributed by atoms with Crippen molar-refractivity contribution in [2.75, 3.05) is 18.1 Å². The fourth-order valence-corrected chi connectivity index (χ4v) is 6.39. The molecule has 5 rings (SSSR count). The lowest BCUT2D eigenvalue weighted by atomic mass is 9.95. The number of thioether (sulfide) groups is 1. The molecule has 1 aliphatic heterocycles. The lowest BCUT2D eigenvalue weighted by molar-refractivity contribution is -0.132. The second kappa shape index (κ2) is 13.8. The van der Waals surface area contributed by atoms with Crippen LogP contribution in [0.4, 0.5) is 9.52 Å². The Balaban J connectivity index is 1.52. The van der Waals surface area contributed by atoms with Gasteiger partial charge in [-0.15, -0.1) is 10.2 Å². The summed E-state index contributed by atoms with van der Waals surface area (Å²) in [7, 11) is 0. The minimum Gasteiger partial charge on any atom is -0.507 e. The summed E-state index contributed by atoms with van der Waals surface area (Å²) in [6.45, 7) is 4.95. The number of halogens is 1. The van der Waals surface area contributed by atoms with Crippen LogP contribution in [-0.4, -0.2) is 40.2 Å². The molecule has 1 aromatic heterocycles. The van der Waals surface area contributed by atoms with Crippen molar-refractivity contribution in [3.05, 3.63) is 101 Å². The number of nitrogens with zero attached hydrogens (tertiary/aromatic N) is 3. The van der Waals surface area contributed by atoms with Crippen molar-refractivity contribution in [2.24, 2.45) is 0 Å². The number of carbonyl (C=O) groups excluding carboxylic acids is 2. The van der Waals surface area contributed by atoms with E-state index in [1.54, 1.807) is 54.6 Å². The van der Waals surface area contributed by atoms with Crippen LogP contribution in [0.5, 0.6) is 11.5 Å². The number of anilines is 1. The molecule has 1 fully saturated rings. The minimum absolute atomic E-state index is 0.0596. The van der Waals surface area contributed by atoms with Gasteiger partial charge in [0.25, 0.3) is 5.78 Å². The van der Waals surface area contributed by atoms with Gasteiger partial charge in [-0.1, -0.05) is 60.7 Å². The molecule has 4 aromatic rings. The molecule has 43 heavy (non-hydrogen) atoms. The number of hydrogen-bond acceptors (Lipinski definition) is 9. The van der Waals surface area contributed by atoms with E-state index in [-0.39, 0.29) is 22.3 Å². The van der Waals surface area contributed by atoms with E-state index in [0.717, 1.165) is 29.7 Å². The summed E-state index contributed by atoms with van der Waals surface area (Å²) in [5.74, 6) is -0.538. The van der Waals surface area contributed by atoms with Crippen LogP contribution in [0.2, 0.25) is 0 Å². The zero-order valence-electron chi connectivity index (χ0n) is 23.7. The second-order valence-corrected chi connectivity index (χ2v) is 11.8. The van der Waals surface area contributed by atoms with Crippen molar-refractivity contribution in [1.82, 2.24) is 10.2 Å². The Morgan fingerprint density at radius 3 is 2.49 bits per heavy atom. The molecule has 0 radical (unpaired) electrons. The van der Waals surface area contributed by atoms with Gasteiger partial charge >= 0.3 is 5.91 Å². The molecular formula is C32H30FN3O5S2. The first-order valence-corrected chi connectivity index (χ1v) is 15.7. The van der Waals surface area contributed by atoms with Crippen LogP contribution in [-0.2, 0) is 15.3 Å². The lowest BCUT2D eigenvalue weighted by Gasteiger charge is -2.23. The molecule has 1 saturated heterocycles. The third kappa shape index (κ3) is 6.89. The van der Waals surface area contributed by atoms with Gasteiger partial charge in [0, 0.05) is 11.3 Å². The van der Waals surface area contributed by atoms with Gasteiger partial charge in [-0.3, -0.25) is 14.5 Å². The fraction of sp³-hybridized carbons (Fsp3) is 0.250. The van der Waals surface area contributed by atoms with Crippen molar-refractivity contribution in [1.29, 1.82) is 0 Å². The summed E-state index contributed by atoms with van der Waals surface area (Å²) in [5, 5.41) is 20.2. The lowest BCUT2D eigenvalue weighted by Crippen LogP contribution is -2.29. The quantitative estimate of drug-likeness (QED) is 0.0445. The zero-order chi connectivity index (χ0) is 30.3. The maximum atomic E-state index is 13.6. The molecule has 1 N–H and O–H groups in total. The van der Waals surface area contributed by atoms with Gasteiger partial charge in [0.2, 0.25) is 5.13 Å². The number of rotatable bonds is 12. The summed E-state index contributed by atoms with van der Waals surface area (Å²) >= 11 is 2.55. The Morgan fingerprint density at radius 1 is 1.00 bits per heavy atom. The number of aromatic nitrogens is 2. The highest BCUT2D eigenvalue weighted by Crippen LogP contribution is 2.44. The van der Waals surface area contributed by atoms with E-state index in [1.165, 1.54) is 28.8 Å². The minimum atomic E-state index is -0.968. The Hall–Kier alpha value is -4.22. The monoisotopic (exact) mass is 619 g/mol. The second-order valence-electron chi connectivity index (χ2n) is 9.67. The highest BCUT2D eigenvalue weighted by molar-refractivity contribution is 8.00. The Bertz CT molecular complexity index is 1620. The number of benzene rings is 3. The zero-order valence-corrected chi connectivity index (χ0v) is 25.3. The van der Waals surface area contributed by atoms with Gasteiger partial charge in [0.05, 0.1) is 24.8 Å². The van der Waals surface area contributed by atoms with Crippen molar-refractivity contribution in [3.63, 3.8) is 0 Å². The number of unbranched alkanes of at least 4 members (excludes halogenated alkanes) is 1. The number of ether oxygens (including phenoxy) is 2. The third-order valence-corrected chi connectivity index (χ3v) is 8.83. The summed E-state index contributed by atoms with van der Waals surface area (Å²) in [6, 6.07) is 19.0. The number of carbonyl (C=O) groups is 2. The van der Waals surface area contributed by atoms with Gasteiger partial charge in [0.1, 0.15) is 23.1 Å². The van der Waals surface area contributed by atoms with Crippen LogP contribution in [0.15, 0.2) is 82.7 Å². The molecule has 11 heteroatoms. The van der Waals surface area contributed by atoms with E-state index in [1.807, 2.05) is 13.0 Å². The van der Waals surface area contributed by atoms with E-state index >= 15 is 0 Å². The highest BCUT2D eigenvalue weighted by Gasteiger charge is 2.48. The molecule has 3 aromatic carbocycles. The SMILES string of the molecule is CCCCOc1cccc(C2/C(=C(\O)c3ccc(OCC)cc3)C(=O)C(=O)N2c2nnc(SCc3ccc(F)cc3)s2)c1. The van der Waals surface area contributed by atoms with Crippen LogP contribution < -0.4 is 14.4 Å². The van der Waals surface area contributed by atoms with Crippen LogP contribution in [0.3, 0.4) is 0 Å². The molecule has 2 heterocycles. The number of aliphatic hydroxyl groups is 1. The molecule has 8 nitrogen and oxygen atoms in total.